The van der Waals surface area contributed by atoms with E-state index in [9.17, 15) is 0 Å². The zero-order valence-corrected chi connectivity index (χ0v) is 22.3. The first-order valence-corrected chi connectivity index (χ1v) is 11.4. The van der Waals surface area contributed by atoms with Crippen LogP contribution in [0, 0.1) is 19.2 Å². The first-order chi connectivity index (χ1) is 16.5. The Hall–Kier alpha value is -3.46. The average Bonchev–Trinajstić information content (AvgIpc) is 3.12. The van der Waals surface area contributed by atoms with Crippen LogP contribution in [0.25, 0.3) is 33.6 Å². The quantitative estimate of drug-likeness (QED) is 0.195. The summed E-state index contributed by atoms with van der Waals surface area (Å²) in [6, 6.07) is 29.8. The van der Waals surface area contributed by atoms with E-state index in [-0.39, 0.29) is 25.5 Å². The molecule has 0 atom stereocenters. The Morgan fingerprint density at radius 3 is 2.20 bits per heavy atom. The monoisotopic (exact) mass is 632 g/mol. The fourth-order valence-corrected chi connectivity index (χ4v) is 4.38. The van der Waals surface area contributed by atoms with Crippen LogP contribution in [0.1, 0.15) is 30.5 Å². The van der Waals surface area contributed by atoms with Crippen LogP contribution in [0.4, 0.5) is 0 Å². The molecule has 175 valence electrons. The van der Waals surface area contributed by atoms with Gasteiger partial charge < -0.3 is 15.0 Å². The molecule has 1 aliphatic rings. The van der Waals surface area contributed by atoms with Crippen LogP contribution in [0.5, 0.6) is 0 Å². The van der Waals surface area contributed by atoms with E-state index in [4.69, 9.17) is 0 Å². The van der Waals surface area contributed by atoms with Crippen LogP contribution in [-0.4, -0.2) is 15.0 Å². The van der Waals surface area contributed by atoms with Crippen LogP contribution >= 0.6 is 0 Å². The molecule has 4 heteroatoms. The third kappa shape index (κ3) is 5.00. The molecule has 1 radical (unpaired) electrons. The van der Waals surface area contributed by atoms with E-state index in [1.165, 1.54) is 27.8 Å². The van der Waals surface area contributed by atoms with Crippen LogP contribution in [-0.2, 0) is 25.5 Å². The number of fused-ring (bicyclic) bond motifs is 3. The van der Waals surface area contributed by atoms with Crippen molar-refractivity contribution >= 4 is 0 Å². The van der Waals surface area contributed by atoms with E-state index in [0.29, 0.717) is 0 Å². The zero-order valence-electron chi connectivity index (χ0n) is 19.9. The van der Waals surface area contributed by atoms with Crippen molar-refractivity contribution in [1.29, 1.82) is 0 Å². The van der Waals surface area contributed by atoms with E-state index >= 15 is 0 Å². The molecule has 3 nitrogen and oxygen atoms in total. The van der Waals surface area contributed by atoms with Gasteiger partial charge in [0.05, 0.1) is 0 Å². The van der Waals surface area contributed by atoms with Crippen LogP contribution in [0.15, 0.2) is 97.5 Å². The van der Waals surface area contributed by atoms with Crippen molar-refractivity contribution in [3.8, 4) is 33.6 Å². The molecular weight excluding hydrogens is 607 g/mol. The summed E-state index contributed by atoms with van der Waals surface area (Å²) in [5.41, 5.74) is 10.3. The van der Waals surface area contributed by atoms with Crippen LogP contribution in [0.2, 0.25) is 0 Å². The van der Waals surface area contributed by atoms with Crippen molar-refractivity contribution in [3.05, 3.63) is 126 Å². The standard InChI is InChI=1S/C19H15N2.C12H10N.Ir/c1-19(2)16-8-4-3-7-14(16)15-10-18(21-12-17(15)19)13-6-5-9-20-11-13;1-10-7-8-12(13-9-10)11-5-3-2-4-6-11;/h3-10,12H,1-2H3;2-5,7-9H,1H3;/q2*-1;. The molecule has 0 aliphatic heterocycles. The molecule has 0 fully saturated rings. The Labute approximate surface area is 220 Å². The van der Waals surface area contributed by atoms with Gasteiger partial charge in [0, 0.05) is 37.9 Å². The van der Waals surface area contributed by atoms with Gasteiger partial charge in [-0.3, -0.25) is 0 Å². The van der Waals surface area contributed by atoms with Gasteiger partial charge >= 0.3 is 0 Å². The molecule has 0 N–H and O–H groups in total. The fraction of sp³-hybridized carbons (Fsp3) is 0.129. The van der Waals surface area contributed by atoms with Gasteiger partial charge in [-0.2, -0.15) is 0 Å². The second-order valence-electron chi connectivity index (χ2n) is 8.95. The van der Waals surface area contributed by atoms with Gasteiger partial charge in [0.25, 0.3) is 0 Å². The minimum atomic E-state index is 0. The zero-order chi connectivity index (χ0) is 23.5. The van der Waals surface area contributed by atoms with Gasteiger partial charge in [0.1, 0.15) is 0 Å². The van der Waals surface area contributed by atoms with E-state index in [1.54, 1.807) is 6.20 Å². The van der Waals surface area contributed by atoms with Crippen molar-refractivity contribution in [2.45, 2.75) is 26.2 Å². The fourth-order valence-electron chi connectivity index (χ4n) is 4.38. The molecule has 0 spiro atoms. The molecule has 3 aromatic heterocycles. The smallest absolute Gasteiger partial charge is 0.0207 e. The summed E-state index contributed by atoms with van der Waals surface area (Å²) in [5.74, 6) is 0. The molecule has 0 saturated heterocycles. The SMILES string of the molecule is CC1(C)c2ccccc2-c2cc(-c3[c-]nccc3)ncc21.Cc1ccc(-c2[c-]cccc2)nc1.[Ir]. The second-order valence-corrected chi connectivity index (χ2v) is 8.95. The first kappa shape index (κ1) is 24.7. The maximum Gasteiger partial charge on any atom is 0.0207 e. The first-order valence-electron chi connectivity index (χ1n) is 11.4. The number of rotatable bonds is 2. The number of nitrogens with zero attached hydrogens (tertiary/aromatic N) is 3. The molecule has 6 rings (SSSR count). The maximum absolute atomic E-state index is 4.63. The Morgan fingerprint density at radius 2 is 1.49 bits per heavy atom. The minimum absolute atomic E-state index is 0. The Balaban J connectivity index is 0.000000179. The number of aromatic nitrogens is 3. The molecule has 5 aromatic rings. The van der Waals surface area contributed by atoms with E-state index < -0.39 is 0 Å². The molecular formula is C31H25IrN3-2. The van der Waals surface area contributed by atoms with E-state index in [2.05, 4.69) is 77.5 Å². The maximum atomic E-state index is 4.63. The third-order valence-electron chi connectivity index (χ3n) is 6.25. The molecule has 0 saturated carbocycles. The molecule has 0 unspecified atom stereocenters. The Kier molecular flexibility index (Phi) is 7.35. The molecule has 0 amide bonds. The van der Waals surface area contributed by atoms with Crippen molar-refractivity contribution < 1.29 is 20.1 Å². The average molecular weight is 632 g/mol. The van der Waals surface area contributed by atoms with Crippen molar-refractivity contribution in [2.24, 2.45) is 0 Å². The van der Waals surface area contributed by atoms with Crippen molar-refractivity contribution in [2.75, 3.05) is 0 Å². The molecule has 35 heavy (non-hydrogen) atoms. The number of hydrogen-bond donors (Lipinski definition) is 0. The molecule has 0 bridgehead atoms. The summed E-state index contributed by atoms with van der Waals surface area (Å²) in [4.78, 5) is 13.0. The number of hydrogen-bond acceptors (Lipinski definition) is 3. The summed E-state index contributed by atoms with van der Waals surface area (Å²) in [6.07, 6.45) is 8.62. The van der Waals surface area contributed by atoms with Crippen molar-refractivity contribution in [3.63, 3.8) is 0 Å². The van der Waals surface area contributed by atoms with Gasteiger partial charge in [-0.1, -0.05) is 62.5 Å². The number of benzene rings is 2. The molecule has 2 aromatic carbocycles. The van der Waals surface area contributed by atoms with E-state index in [1.807, 2.05) is 61.8 Å². The van der Waals surface area contributed by atoms with Gasteiger partial charge in [-0.25, -0.2) is 0 Å². The van der Waals surface area contributed by atoms with Crippen LogP contribution in [0.3, 0.4) is 0 Å². The predicted molar refractivity (Wildman–Crippen MR) is 137 cm³/mol. The molecule has 1 aliphatic carbocycles. The Morgan fingerprint density at radius 1 is 0.714 bits per heavy atom. The number of pyridine rings is 3. The third-order valence-corrected chi connectivity index (χ3v) is 6.25. The van der Waals surface area contributed by atoms with Gasteiger partial charge in [-0.05, 0) is 52.3 Å². The van der Waals surface area contributed by atoms with Gasteiger partial charge in [0.2, 0.25) is 0 Å². The van der Waals surface area contributed by atoms with Crippen molar-refractivity contribution in [1.82, 2.24) is 15.0 Å². The minimum Gasteiger partial charge on any atom is -0.360 e. The Bertz CT molecular complexity index is 1410. The van der Waals surface area contributed by atoms with Crippen LogP contribution < -0.4 is 0 Å². The normalized spacial score (nSPS) is 12.4. The largest absolute Gasteiger partial charge is 0.360 e. The molecule has 3 heterocycles. The van der Waals surface area contributed by atoms with Gasteiger partial charge in [0.15, 0.2) is 0 Å². The van der Waals surface area contributed by atoms with E-state index in [0.717, 1.165) is 22.5 Å². The summed E-state index contributed by atoms with van der Waals surface area (Å²) in [5, 5.41) is 0. The summed E-state index contributed by atoms with van der Waals surface area (Å²) >= 11 is 0. The predicted octanol–water partition coefficient (Wildman–Crippen LogP) is 7.10. The summed E-state index contributed by atoms with van der Waals surface area (Å²) < 4.78 is 0. The summed E-state index contributed by atoms with van der Waals surface area (Å²) in [6.45, 7) is 6.55. The van der Waals surface area contributed by atoms with Gasteiger partial charge in [-0.15, -0.1) is 53.6 Å². The second kappa shape index (κ2) is 10.4. The number of aryl methyl sites for hydroxylation is 1. The topological polar surface area (TPSA) is 38.7 Å². The summed E-state index contributed by atoms with van der Waals surface area (Å²) in [7, 11) is 0.